The van der Waals surface area contributed by atoms with Gasteiger partial charge >= 0.3 is 0 Å². The average Bonchev–Trinajstić information content (AvgIpc) is 2.15. The first-order valence-electron chi connectivity index (χ1n) is 5.11. The van der Waals surface area contributed by atoms with E-state index in [1.54, 1.807) is 14.0 Å². The molecule has 1 aromatic rings. The lowest BCUT2D eigenvalue weighted by Gasteiger charge is -2.21. The smallest absolute Gasteiger partial charge is 0.215 e. The molecule has 0 aliphatic rings. The molecule has 0 amide bonds. The van der Waals surface area contributed by atoms with E-state index in [-0.39, 0.29) is 11.3 Å². The fourth-order valence-electron chi connectivity index (χ4n) is 1.75. The van der Waals surface area contributed by atoms with Crippen molar-refractivity contribution in [3.63, 3.8) is 0 Å². The van der Waals surface area contributed by atoms with E-state index < -0.39 is 23.9 Å². The van der Waals surface area contributed by atoms with E-state index in [0.717, 1.165) is 12.1 Å². The van der Waals surface area contributed by atoms with Crippen LogP contribution in [0.4, 0.5) is 8.78 Å². The fourth-order valence-corrected chi connectivity index (χ4v) is 1.75. The summed E-state index contributed by atoms with van der Waals surface area (Å²) < 4.78 is 26.0. The zero-order valence-corrected chi connectivity index (χ0v) is 9.83. The van der Waals surface area contributed by atoms with Gasteiger partial charge in [-0.2, -0.15) is 13.8 Å². The van der Waals surface area contributed by atoms with Gasteiger partial charge in [-0.25, -0.2) is 5.48 Å². The van der Waals surface area contributed by atoms with E-state index in [9.17, 15) is 13.6 Å². The number of pyridine rings is 1. The van der Waals surface area contributed by atoms with Crippen molar-refractivity contribution in [3.05, 3.63) is 29.6 Å². The van der Waals surface area contributed by atoms with Crippen molar-refractivity contribution in [1.82, 2.24) is 10.5 Å². The summed E-state index contributed by atoms with van der Waals surface area (Å²) in [6.07, 6.45) is -0.543. The molecule has 1 heterocycles. The summed E-state index contributed by atoms with van der Waals surface area (Å²) >= 11 is 0. The molecular formula is C11H14F2N2O2. The lowest BCUT2D eigenvalue weighted by atomic mass is 9.91. The van der Waals surface area contributed by atoms with Crippen LogP contribution in [0, 0.1) is 11.9 Å². The van der Waals surface area contributed by atoms with Gasteiger partial charge in [-0.05, 0) is 31.5 Å². The average molecular weight is 244 g/mol. The van der Waals surface area contributed by atoms with Gasteiger partial charge in [0.2, 0.25) is 11.9 Å². The minimum atomic E-state index is -0.956. The van der Waals surface area contributed by atoms with Crippen LogP contribution in [-0.2, 0) is 9.63 Å². The van der Waals surface area contributed by atoms with Gasteiger partial charge in [-0.3, -0.25) is 9.63 Å². The Morgan fingerprint density at radius 2 is 1.94 bits per heavy atom. The molecular weight excluding hydrogens is 230 g/mol. The highest BCUT2D eigenvalue weighted by atomic mass is 19.1. The lowest BCUT2D eigenvalue weighted by molar-refractivity contribution is -0.123. The van der Waals surface area contributed by atoms with Crippen LogP contribution < -0.4 is 5.48 Å². The summed E-state index contributed by atoms with van der Waals surface area (Å²) in [5.41, 5.74) is 2.66. The molecule has 2 unspecified atom stereocenters. The Morgan fingerprint density at radius 1 is 1.41 bits per heavy atom. The first-order valence-corrected chi connectivity index (χ1v) is 5.11. The molecule has 94 valence electrons. The number of hydrogen-bond acceptors (Lipinski definition) is 4. The maximum atomic E-state index is 13.0. The molecule has 0 saturated heterocycles. The third kappa shape index (κ3) is 3.54. The molecule has 17 heavy (non-hydrogen) atoms. The Balaban J connectivity index is 3.09. The Kier molecular flexibility index (Phi) is 4.65. The highest BCUT2D eigenvalue weighted by Gasteiger charge is 2.26. The first kappa shape index (κ1) is 13.7. The maximum Gasteiger partial charge on any atom is 0.215 e. The molecule has 6 heteroatoms. The summed E-state index contributed by atoms with van der Waals surface area (Å²) in [6.45, 7) is 2.98. The van der Waals surface area contributed by atoms with E-state index >= 15 is 0 Å². The van der Waals surface area contributed by atoms with E-state index in [1.165, 1.54) is 6.92 Å². The van der Waals surface area contributed by atoms with E-state index in [4.69, 9.17) is 4.84 Å². The van der Waals surface area contributed by atoms with Crippen LogP contribution in [0.25, 0.3) is 0 Å². The third-order valence-corrected chi connectivity index (χ3v) is 2.36. The third-order valence-electron chi connectivity index (χ3n) is 2.36. The number of nitrogens with one attached hydrogen (secondary N) is 1. The number of hydroxylamine groups is 1. The summed E-state index contributed by atoms with van der Waals surface area (Å²) in [5.74, 6) is -2.89. The van der Waals surface area contributed by atoms with Gasteiger partial charge in [0.1, 0.15) is 5.78 Å². The van der Waals surface area contributed by atoms with Gasteiger partial charge in [0.05, 0.1) is 12.0 Å². The van der Waals surface area contributed by atoms with Crippen molar-refractivity contribution in [3.8, 4) is 0 Å². The molecule has 0 fully saturated rings. The molecule has 1 rings (SSSR count). The van der Waals surface area contributed by atoms with Crippen molar-refractivity contribution in [2.75, 3.05) is 7.05 Å². The number of nitrogens with zero attached hydrogens (tertiary/aromatic N) is 1. The number of Topliss-reactive ketones (excluding diaryl/α,β-unsaturated/α-hetero) is 1. The molecule has 0 bridgehead atoms. The monoisotopic (exact) mass is 244 g/mol. The van der Waals surface area contributed by atoms with Crippen molar-refractivity contribution >= 4 is 5.78 Å². The number of aromatic nitrogens is 1. The summed E-state index contributed by atoms with van der Waals surface area (Å²) in [5, 5.41) is 0. The van der Waals surface area contributed by atoms with E-state index in [2.05, 4.69) is 10.5 Å². The van der Waals surface area contributed by atoms with Gasteiger partial charge < -0.3 is 0 Å². The van der Waals surface area contributed by atoms with Gasteiger partial charge in [0.25, 0.3) is 0 Å². The standard InChI is InChI=1S/C11H14F2N2O2/c1-6(16)11(7(2)17-14-3)8-4-9(12)15-10(13)5-8/h4-5,7,11,14H,1-3H3. The van der Waals surface area contributed by atoms with E-state index in [1.807, 2.05) is 0 Å². The van der Waals surface area contributed by atoms with Crippen LogP contribution >= 0.6 is 0 Å². The summed E-state index contributed by atoms with van der Waals surface area (Å²) in [7, 11) is 1.54. The van der Waals surface area contributed by atoms with Crippen molar-refractivity contribution in [2.24, 2.45) is 0 Å². The highest BCUT2D eigenvalue weighted by Crippen LogP contribution is 2.23. The van der Waals surface area contributed by atoms with Crippen molar-refractivity contribution in [2.45, 2.75) is 25.9 Å². The molecule has 0 aliphatic carbocycles. The number of ketones is 1. The zero-order chi connectivity index (χ0) is 13.0. The van der Waals surface area contributed by atoms with Crippen molar-refractivity contribution < 1.29 is 18.4 Å². The van der Waals surface area contributed by atoms with Gasteiger partial charge in [0, 0.05) is 7.05 Å². The largest absolute Gasteiger partial charge is 0.299 e. The van der Waals surface area contributed by atoms with Crippen LogP contribution in [0.3, 0.4) is 0 Å². The molecule has 0 spiro atoms. The SMILES string of the molecule is CNOC(C)C(C(C)=O)c1cc(F)nc(F)c1. The second-order valence-corrected chi connectivity index (χ2v) is 3.66. The first-order chi connectivity index (χ1) is 7.95. The minimum absolute atomic E-state index is 0.213. The van der Waals surface area contributed by atoms with Crippen LogP contribution in [0.2, 0.25) is 0 Å². The number of rotatable bonds is 5. The molecule has 0 saturated carbocycles. The Hall–Kier alpha value is -1.40. The molecule has 0 radical (unpaired) electrons. The Bertz CT molecular complexity index is 392. The van der Waals surface area contributed by atoms with E-state index in [0.29, 0.717) is 0 Å². The van der Waals surface area contributed by atoms with Crippen LogP contribution in [0.1, 0.15) is 25.3 Å². The fraction of sp³-hybridized carbons (Fsp3) is 0.455. The maximum absolute atomic E-state index is 13.0. The minimum Gasteiger partial charge on any atom is -0.299 e. The predicted octanol–water partition coefficient (Wildman–Crippen LogP) is 1.57. The van der Waals surface area contributed by atoms with Crippen LogP contribution in [0.15, 0.2) is 12.1 Å². The molecule has 2 atom stereocenters. The Labute approximate surface area is 98.0 Å². The molecule has 0 aromatic carbocycles. The van der Waals surface area contributed by atoms with Crippen molar-refractivity contribution in [1.29, 1.82) is 0 Å². The molecule has 4 nitrogen and oxygen atoms in total. The van der Waals surface area contributed by atoms with Crippen LogP contribution in [-0.4, -0.2) is 23.9 Å². The van der Waals surface area contributed by atoms with Gasteiger partial charge in [0.15, 0.2) is 0 Å². The number of carbonyl (C=O) groups is 1. The summed E-state index contributed by atoms with van der Waals surface area (Å²) in [6, 6.07) is 2.06. The summed E-state index contributed by atoms with van der Waals surface area (Å²) in [4.78, 5) is 19.6. The molecule has 1 N–H and O–H groups in total. The predicted molar refractivity (Wildman–Crippen MR) is 57.2 cm³/mol. The quantitative estimate of drug-likeness (QED) is 0.631. The number of halogens is 2. The van der Waals surface area contributed by atoms with Crippen LogP contribution in [0.5, 0.6) is 0 Å². The molecule has 1 aromatic heterocycles. The lowest BCUT2D eigenvalue weighted by Crippen LogP contribution is -2.29. The normalized spacial score (nSPS) is 14.4. The second kappa shape index (κ2) is 5.79. The van der Waals surface area contributed by atoms with Gasteiger partial charge in [-0.1, -0.05) is 0 Å². The topological polar surface area (TPSA) is 51.2 Å². The van der Waals surface area contributed by atoms with Gasteiger partial charge in [-0.15, -0.1) is 0 Å². The second-order valence-electron chi connectivity index (χ2n) is 3.66. The molecule has 0 aliphatic heterocycles. The number of carbonyl (C=O) groups excluding carboxylic acids is 1. The zero-order valence-electron chi connectivity index (χ0n) is 9.83. The Morgan fingerprint density at radius 3 is 2.35 bits per heavy atom. The highest BCUT2D eigenvalue weighted by molar-refractivity contribution is 5.84. The number of hydrogen-bond donors (Lipinski definition) is 1.